The van der Waals surface area contributed by atoms with Crippen LogP contribution in [0.3, 0.4) is 0 Å². The number of carbonyl (C=O) groups is 1. The van der Waals surface area contributed by atoms with Crippen LogP contribution in [-0.2, 0) is 4.79 Å². The minimum Gasteiger partial charge on any atom is -0.497 e. The number of rotatable bonds is 5. The van der Waals surface area contributed by atoms with Crippen LogP contribution in [0.1, 0.15) is 11.1 Å². The molecule has 2 rings (SSSR count). The molecule has 0 aliphatic rings. The first-order valence-electron chi connectivity index (χ1n) is 6.87. The van der Waals surface area contributed by atoms with Gasteiger partial charge in [0, 0.05) is 30.0 Å². The summed E-state index contributed by atoms with van der Waals surface area (Å²) in [5, 5.41) is 11.5. The standard InChI is InChI=1S/C18H16N2O3/c1-22-16-9-15(10-17(11-16)23-2)20-18(21)8-7-13-3-5-14(12-19)6-4-13/h3-11H,1-2H3,(H,20,21)/b8-7+. The van der Waals surface area contributed by atoms with Gasteiger partial charge >= 0.3 is 0 Å². The summed E-state index contributed by atoms with van der Waals surface area (Å²) >= 11 is 0. The van der Waals surface area contributed by atoms with Crippen molar-refractivity contribution in [1.82, 2.24) is 0 Å². The number of hydrogen-bond donors (Lipinski definition) is 1. The van der Waals surface area contributed by atoms with E-state index in [0.717, 1.165) is 5.56 Å². The Labute approximate surface area is 134 Å². The van der Waals surface area contributed by atoms with Gasteiger partial charge in [0.25, 0.3) is 0 Å². The van der Waals surface area contributed by atoms with Gasteiger partial charge in [-0.05, 0) is 23.8 Å². The van der Waals surface area contributed by atoms with E-state index in [-0.39, 0.29) is 5.91 Å². The first-order chi connectivity index (χ1) is 11.1. The quantitative estimate of drug-likeness (QED) is 0.861. The summed E-state index contributed by atoms with van der Waals surface area (Å²) < 4.78 is 10.3. The lowest BCUT2D eigenvalue weighted by atomic mass is 10.1. The summed E-state index contributed by atoms with van der Waals surface area (Å²) in [6.45, 7) is 0. The van der Waals surface area contributed by atoms with E-state index in [4.69, 9.17) is 14.7 Å². The van der Waals surface area contributed by atoms with Gasteiger partial charge in [0.2, 0.25) is 5.91 Å². The van der Waals surface area contributed by atoms with Crippen molar-refractivity contribution in [2.24, 2.45) is 0 Å². The molecular formula is C18H16N2O3. The number of benzene rings is 2. The van der Waals surface area contributed by atoms with Gasteiger partial charge in [-0.3, -0.25) is 4.79 Å². The van der Waals surface area contributed by atoms with Crippen LogP contribution in [0.2, 0.25) is 0 Å². The fraction of sp³-hybridized carbons (Fsp3) is 0.111. The van der Waals surface area contributed by atoms with Crippen molar-refractivity contribution in [1.29, 1.82) is 5.26 Å². The summed E-state index contributed by atoms with van der Waals surface area (Å²) in [7, 11) is 3.09. The monoisotopic (exact) mass is 308 g/mol. The first-order valence-corrected chi connectivity index (χ1v) is 6.87. The predicted molar refractivity (Wildman–Crippen MR) is 88.4 cm³/mol. The highest BCUT2D eigenvalue weighted by Crippen LogP contribution is 2.25. The lowest BCUT2D eigenvalue weighted by molar-refractivity contribution is -0.111. The van der Waals surface area contributed by atoms with Crippen molar-refractivity contribution in [2.75, 3.05) is 19.5 Å². The van der Waals surface area contributed by atoms with E-state index in [1.165, 1.54) is 6.08 Å². The summed E-state index contributed by atoms with van der Waals surface area (Å²) in [5.41, 5.74) is 1.99. The lowest BCUT2D eigenvalue weighted by Gasteiger charge is -2.08. The van der Waals surface area contributed by atoms with Gasteiger partial charge in [-0.25, -0.2) is 0 Å². The minimum atomic E-state index is -0.273. The first kappa shape index (κ1) is 16.1. The molecule has 0 radical (unpaired) electrons. The Morgan fingerprint density at radius 2 is 1.70 bits per heavy atom. The molecule has 1 amide bonds. The second kappa shape index (κ2) is 7.66. The lowest BCUT2D eigenvalue weighted by Crippen LogP contribution is -2.08. The molecular weight excluding hydrogens is 292 g/mol. The zero-order valence-corrected chi connectivity index (χ0v) is 12.9. The van der Waals surface area contributed by atoms with Crippen LogP contribution in [0.15, 0.2) is 48.5 Å². The normalized spacial score (nSPS) is 10.1. The molecule has 2 aromatic rings. The highest BCUT2D eigenvalue weighted by Gasteiger charge is 2.04. The molecule has 1 N–H and O–H groups in total. The van der Waals surface area contributed by atoms with E-state index in [9.17, 15) is 4.79 Å². The average Bonchev–Trinajstić information content (AvgIpc) is 2.60. The van der Waals surface area contributed by atoms with Crippen LogP contribution >= 0.6 is 0 Å². The number of nitrogens with zero attached hydrogens (tertiary/aromatic N) is 1. The van der Waals surface area contributed by atoms with E-state index in [2.05, 4.69) is 5.32 Å². The molecule has 0 aromatic heterocycles. The predicted octanol–water partition coefficient (Wildman–Crippen LogP) is 3.23. The van der Waals surface area contributed by atoms with Crippen LogP contribution in [0.25, 0.3) is 6.08 Å². The van der Waals surface area contributed by atoms with Gasteiger partial charge in [0.05, 0.1) is 25.9 Å². The highest BCUT2D eigenvalue weighted by atomic mass is 16.5. The van der Waals surface area contributed by atoms with Gasteiger partial charge in [-0.1, -0.05) is 12.1 Å². The zero-order valence-electron chi connectivity index (χ0n) is 12.9. The van der Waals surface area contributed by atoms with E-state index >= 15 is 0 Å². The Morgan fingerprint density at radius 3 is 2.22 bits per heavy atom. The molecule has 0 bridgehead atoms. The van der Waals surface area contributed by atoms with Gasteiger partial charge in [0.1, 0.15) is 11.5 Å². The van der Waals surface area contributed by atoms with Crippen molar-refractivity contribution >= 4 is 17.7 Å². The minimum absolute atomic E-state index is 0.273. The molecule has 2 aromatic carbocycles. The third-order valence-electron chi connectivity index (χ3n) is 3.09. The Balaban J connectivity index is 2.06. The number of anilines is 1. The molecule has 0 saturated heterocycles. The molecule has 0 heterocycles. The summed E-state index contributed by atoms with van der Waals surface area (Å²) in [6, 6.07) is 14.1. The number of ether oxygens (including phenoxy) is 2. The number of nitriles is 1. The van der Waals surface area contributed by atoms with Gasteiger partial charge in [-0.15, -0.1) is 0 Å². The number of hydrogen-bond acceptors (Lipinski definition) is 4. The molecule has 0 fully saturated rings. The third-order valence-corrected chi connectivity index (χ3v) is 3.09. The van der Waals surface area contributed by atoms with E-state index in [1.54, 1.807) is 62.8 Å². The van der Waals surface area contributed by atoms with Gasteiger partial charge < -0.3 is 14.8 Å². The molecule has 0 aliphatic heterocycles. The smallest absolute Gasteiger partial charge is 0.248 e. The van der Waals surface area contributed by atoms with Crippen LogP contribution in [-0.4, -0.2) is 20.1 Å². The van der Waals surface area contributed by atoms with Crippen LogP contribution in [0, 0.1) is 11.3 Å². The van der Waals surface area contributed by atoms with E-state index in [1.807, 2.05) is 6.07 Å². The maximum atomic E-state index is 12.0. The Morgan fingerprint density at radius 1 is 1.09 bits per heavy atom. The fourth-order valence-corrected chi connectivity index (χ4v) is 1.90. The molecule has 0 spiro atoms. The third kappa shape index (κ3) is 4.61. The maximum Gasteiger partial charge on any atom is 0.248 e. The SMILES string of the molecule is COc1cc(NC(=O)/C=C/c2ccc(C#N)cc2)cc(OC)c1. The van der Waals surface area contributed by atoms with Gasteiger partial charge in [0.15, 0.2) is 0 Å². The summed E-state index contributed by atoms with van der Waals surface area (Å²) in [4.78, 5) is 12.0. The molecule has 23 heavy (non-hydrogen) atoms. The van der Waals surface area contributed by atoms with Crippen LogP contribution in [0.5, 0.6) is 11.5 Å². The summed E-state index contributed by atoms with van der Waals surface area (Å²) in [6.07, 6.45) is 3.10. The van der Waals surface area contributed by atoms with Crippen LogP contribution in [0.4, 0.5) is 5.69 Å². The highest BCUT2D eigenvalue weighted by molar-refractivity contribution is 6.02. The largest absolute Gasteiger partial charge is 0.497 e. The fourth-order valence-electron chi connectivity index (χ4n) is 1.90. The second-order valence-electron chi connectivity index (χ2n) is 4.66. The number of amides is 1. The summed E-state index contributed by atoms with van der Waals surface area (Å²) in [5.74, 6) is 0.913. The Bertz CT molecular complexity index is 737. The van der Waals surface area contributed by atoms with Crippen LogP contribution < -0.4 is 14.8 Å². The van der Waals surface area contributed by atoms with Crippen molar-refractivity contribution in [3.8, 4) is 17.6 Å². The van der Waals surface area contributed by atoms with Gasteiger partial charge in [-0.2, -0.15) is 5.26 Å². The number of methoxy groups -OCH3 is 2. The topological polar surface area (TPSA) is 71.3 Å². The second-order valence-corrected chi connectivity index (χ2v) is 4.66. The van der Waals surface area contributed by atoms with E-state index < -0.39 is 0 Å². The number of carbonyl (C=O) groups excluding carboxylic acids is 1. The van der Waals surface area contributed by atoms with Crippen molar-refractivity contribution < 1.29 is 14.3 Å². The Kier molecular flexibility index (Phi) is 5.37. The molecule has 0 unspecified atom stereocenters. The molecule has 5 heteroatoms. The average molecular weight is 308 g/mol. The number of nitrogens with one attached hydrogen (secondary N) is 1. The molecule has 116 valence electrons. The molecule has 0 saturated carbocycles. The van der Waals surface area contributed by atoms with Crippen molar-refractivity contribution in [3.05, 3.63) is 59.7 Å². The zero-order chi connectivity index (χ0) is 16.7. The molecule has 0 atom stereocenters. The Hall–Kier alpha value is -3.26. The van der Waals surface area contributed by atoms with Crippen molar-refractivity contribution in [2.45, 2.75) is 0 Å². The van der Waals surface area contributed by atoms with E-state index in [0.29, 0.717) is 22.7 Å². The molecule has 0 aliphatic carbocycles. The maximum absolute atomic E-state index is 12.0. The van der Waals surface area contributed by atoms with Crippen molar-refractivity contribution in [3.63, 3.8) is 0 Å². The molecule has 5 nitrogen and oxygen atoms in total.